The third-order valence-electron chi connectivity index (χ3n) is 5.14. The molecule has 0 radical (unpaired) electrons. The van der Waals surface area contributed by atoms with Crippen molar-refractivity contribution in [3.8, 4) is 0 Å². The molecule has 2 aliphatic rings. The fourth-order valence-electron chi connectivity index (χ4n) is 4.02. The van der Waals surface area contributed by atoms with E-state index >= 15 is 0 Å². The van der Waals surface area contributed by atoms with Gasteiger partial charge in [-0.2, -0.15) is 0 Å². The van der Waals surface area contributed by atoms with Gasteiger partial charge in [0.05, 0.1) is 17.1 Å². The summed E-state index contributed by atoms with van der Waals surface area (Å²) >= 11 is 0. The van der Waals surface area contributed by atoms with Gasteiger partial charge in [-0.05, 0) is 44.9 Å². The highest BCUT2D eigenvalue weighted by Crippen LogP contribution is 2.28. The van der Waals surface area contributed by atoms with Gasteiger partial charge in [0.2, 0.25) is 0 Å². The van der Waals surface area contributed by atoms with Gasteiger partial charge in [-0.15, -0.1) is 0 Å². The molecule has 4 rings (SSSR count). The number of benzene rings is 1. The Morgan fingerprint density at radius 3 is 3.05 bits per heavy atom. The van der Waals surface area contributed by atoms with Gasteiger partial charge in [0.25, 0.3) is 0 Å². The van der Waals surface area contributed by atoms with Gasteiger partial charge in [-0.1, -0.05) is 18.6 Å². The summed E-state index contributed by atoms with van der Waals surface area (Å²) in [6.45, 7) is 4.78. The van der Waals surface area contributed by atoms with Gasteiger partial charge in [0.1, 0.15) is 5.82 Å². The van der Waals surface area contributed by atoms with Crippen LogP contribution in [0.3, 0.4) is 0 Å². The summed E-state index contributed by atoms with van der Waals surface area (Å²) in [4.78, 5) is 10.9. The third kappa shape index (κ3) is 2.47. The summed E-state index contributed by atoms with van der Waals surface area (Å²) in [7, 11) is 0. The predicted molar refractivity (Wildman–Crippen MR) is 85.3 cm³/mol. The lowest BCUT2D eigenvalue weighted by atomic mass is 9.98. The van der Waals surface area contributed by atoms with Crippen LogP contribution in [0.2, 0.25) is 0 Å². The van der Waals surface area contributed by atoms with Crippen molar-refractivity contribution in [2.24, 2.45) is 0 Å². The zero-order valence-electron chi connectivity index (χ0n) is 12.7. The molecule has 1 aromatic carbocycles. The van der Waals surface area contributed by atoms with Crippen molar-refractivity contribution in [1.29, 1.82) is 0 Å². The highest BCUT2D eigenvalue weighted by molar-refractivity contribution is 5.74. The first-order valence-electron chi connectivity index (χ1n) is 8.26. The van der Waals surface area contributed by atoms with Gasteiger partial charge in [-0.25, -0.2) is 4.98 Å². The summed E-state index contributed by atoms with van der Waals surface area (Å²) in [5, 5.41) is 3.82. The van der Waals surface area contributed by atoms with Crippen molar-refractivity contribution < 1.29 is 0 Å². The fraction of sp³-hybridized carbons (Fsp3) is 0.588. The first-order chi connectivity index (χ1) is 10.3. The van der Waals surface area contributed by atoms with E-state index in [2.05, 4.69) is 40.3 Å². The molecule has 4 heteroatoms. The molecular formula is C17H24N4. The number of hydrogen-bond acceptors (Lipinski definition) is 3. The molecular weight excluding hydrogens is 260 g/mol. The normalized spacial score (nSPS) is 27.9. The molecule has 112 valence electrons. The molecule has 3 atom stereocenters. The number of hydrogen-bond donors (Lipinski definition) is 2. The van der Waals surface area contributed by atoms with Gasteiger partial charge < -0.3 is 10.3 Å². The van der Waals surface area contributed by atoms with Crippen molar-refractivity contribution in [1.82, 2.24) is 20.2 Å². The Kier molecular flexibility index (Phi) is 3.43. The van der Waals surface area contributed by atoms with E-state index < -0.39 is 0 Å². The maximum absolute atomic E-state index is 4.73. The minimum Gasteiger partial charge on any atom is -0.341 e. The molecule has 0 spiro atoms. The number of aromatic nitrogens is 2. The maximum atomic E-state index is 4.73. The highest BCUT2D eigenvalue weighted by Gasteiger charge is 2.36. The van der Waals surface area contributed by atoms with Crippen LogP contribution in [0.25, 0.3) is 11.0 Å². The minimum atomic E-state index is 0.282. The molecule has 2 aromatic rings. The number of piperidine rings is 1. The summed E-state index contributed by atoms with van der Waals surface area (Å²) in [5.74, 6) is 1.06. The molecule has 0 aliphatic carbocycles. The van der Waals surface area contributed by atoms with Crippen molar-refractivity contribution in [2.75, 3.05) is 13.1 Å². The lowest BCUT2D eigenvalue weighted by Gasteiger charge is -2.33. The fourth-order valence-corrected chi connectivity index (χ4v) is 4.02. The second-order valence-electron chi connectivity index (χ2n) is 6.52. The summed E-state index contributed by atoms with van der Waals surface area (Å²) in [6.07, 6.45) is 5.39. The molecule has 3 heterocycles. The average Bonchev–Trinajstić information content (AvgIpc) is 3.11. The standard InChI is InChI=1S/C17H24N4/c1-12(17-19-13-6-2-3-7-14(13)20-17)18-15-9-11-21-10-5-4-8-16(15)21/h2-3,6-7,12,15-16,18H,4-5,8-11H2,1H3,(H,19,20). The Hall–Kier alpha value is -1.39. The van der Waals surface area contributed by atoms with Crippen LogP contribution >= 0.6 is 0 Å². The Balaban J connectivity index is 1.48. The predicted octanol–water partition coefficient (Wildman–Crippen LogP) is 2.84. The topological polar surface area (TPSA) is 44.0 Å². The number of rotatable bonds is 3. The van der Waals surface area contributed by atoms with Crippen LogP contribution in [-0.2, 0) is 0 Å². The monoisotopic (exact) mass is 284 g/mol. The number of para-hydroxylation sites is 2. The first-order valence-corrected chi connectivity index (χ1v) is 8.26. The van der Waals surface area contributed by atoms with Crippen LogP contribution < -0.4 is 5.32 Å². The molecule has 2 aliphatic heterocycles. The highest BCUT2D eigenvalue weighted by atomic mass is 15.2. The van der Waals surface area contributed by atoms with Crippen molar-refractivity contribution in [2.45, 2.75) is 50.7 Å². The Bertz CT molecular complexity index is 587. The van der Waals surface area contributed by atoms with Crippen LogP contribution in [0.1, 0.15) is 44.5 Å². The van der Waals surface area contributed by atoms with Crippen LogP contribution in [-0.4, -0.2) is 40.0 Å². The van der Waals surface area contributed by atoms with Gasteiger partial charge in [0, 0.05) is 18.6 Å². The van der Waals surface area contributed by atoms with Crippen LogP contribution in [0.15, 0.2) is 24.3 Å². The van der Waals surface area contributed by atoms with Crippen molar-refractivity contribution >= 4 is 11.0 Å². The number of fused-ring (bicyclic) bond motifs is 2. The van der Waals surface area contributed by atoms with Crippen LogP contribution in [0, 0.1) is 0 Å². The van der Waals surface area contributed by atoms with Crippen LogP contribution in [0.4, 0.5) is 0 Å². The van der Waals surface area contributed by atoms with E-state index in [1.54, 1.807) is 0 Å². The van der Waals surface area contributed by atoms with E-state index in [1.165, 1.54) is 38.8 Å². The van der Waals surface area contributed by atoms with Gasteiger partial charge in [-0.3, -0.25) is 4.90 Å². The Morgan fingerprint density at radius 2 is 2.14 bits per heavy atom. The number of nitrogens with one attached hydrogen (secondary N) is 2. The van der Waals surface area contributed by atoms with Crippen molar-refractivity contribution in [3.63, 3.8) is 0 Å². The number of nitrogens with zero attached hydrogens (tertiary/aromatic N) is 2. The number of imidazole rings is 1. The lowest BCUT2D eigenvalue weighted by Crippen LogP contribution is -2.45. The van der Waals surface area contributed by atoms with Crippen molar-refractivity contribution in [3.05, 3.63) is 30.1 Å². The molecule has 2 fully saturated rings. The van der Waals surface area contributed by atoms with E-state index in [4.69, 9.17) is 4.98 Å². The molecule has 0 amide bonds. The molecule has 0 bridgehead atoms. The largest absolute Gasteiger partial charge is 0.341 e. The summed E-state index contributed by atoms with van der Waals surface area (Å²) in [6, 6.07) is 9.90. The number of aromatic amines is 1. The summed E-state index contributed by atoms with van der Waals surface area (Å²) < 4.78 is 0. The van der Waals surface area contributed by atoms with E-state index in [0.29, 0.717) is 6.04 Å². The first kappa shape index (κ1) is 13.3. The van der Waals surface area contributed by atoms with Gasteiger partial charge >= 0.3 is 0 Å². The lowest BCUT2D eigenvalue weighted by molar-refractivity contribution is 0.177. The van der Waals surface area contributed by atoms with Crippen LogP contribution in [0.5, 0.6) is 0 Å². The molecule has 2 N–H and O–H groups in total. The minimum absolute atomic E-state index is 0.282. The molecule has 1 aromatic heterocycles. The van der Waals surface area contributed by atoms with E-state index in [-0.39, 0.29) is 6.04 Å². The second kappa shape index (κ2) is 5.43. The Morgan fingerprint density at radius 1 is 1.24 bits per heavy atom. The molecule has 21 heavy (non-hydrogen) atoms. The quantitative estimate of drug-likeness (QED) is 0.911. The Labute approximate surface area is 125 Å². The smallest absolute Gasteiger partial charge is 0.124 e. The maximum Gasteiger partial charge on any atom is 0.124 e. The van der Waals surface area contributed by atoms with E-state index in [9.17, 15) is 0 Å². The molecule has 2 saturated heterocycles. The zero-order chi connectivity index (χ0) is 14.2. The SMILES string of the molecule is CC(NC1CCN2CCCCC12)c1nc2ccccc2[nH]1. The molecule has 3 unspecified atom stereocenters. The van der Waals surface area contributed by atoms with E-state index in [0.717, 1.165) is 22.9 Å². The average molecular weight is 284 g/mol. The second-order valence-corrected chi connectivity index (χ2v) is 6.52. The summed E-state index contributed by atoms with van der Waals surface area (Å²) in [5.41, 5.74) is 2.19. The van der Waals surface area contributed by atoms with Gasteiger partial charge in [0.15, 0.2) is 0 Å². The number of H-pyrrole nitrogens is 1. The van der Waals surface area contributed by atoms with E-state index in [1.807, 2.05) is 6.07 Å². The molecule has 0 saturated carbocycles. The zero-order valence-corrected chi connectivity index (χ0v) is 12.7. The third-order valence-corrected chi connectivity index (χ3v) is 5.14. The molecule has 4 nitrogen and oxygen atoms in total.